The number of amides is 1. The molecule has 1 rings (SSSR count). The van der Waals surface area contributed by atoms with Crippen LogP contribution in [0.3, 0.4) is 0 Å². The summed E-state index contributed by atoms with van der Waals surface area (Å²) in [5.74, 6) is -0.426. The lowest BCUT2D eigenvalue weighted by molar-refractivity contribution is -0.148. The fraction of sp³-hybridized carbons (Fsp3) is 0.529. The van der Waals surface area contributed by atoms with Gasteiger partial charge in [-0.25, -0.2) is 4.79 Å². The van der Waals surface area contributed by atoms with Gasteiger partial charge in [-0.1, -0.05) is 32.0 Å². The summed E-state index contributed by atoms with van der Waals surface area (Å²) < 4.78 is 5.11. The molecule has 1 aromatic rings. The molecule has 0 saturated carbocycles. The maximum Gasteiger partial charge on any atom is 0.328 e. The van der Waals surface area contributed by atoms with Crippen molar-refractivity contribution in [3.63, 3.8) is 0 Å². The van der Waals surface area contributed by atoms with Crippen LogP contribution in [0.4, 0.5) is 0 Å². The van der Waals surface area contributed by atoms with Crippen LogP contribution in [-0.4, -0.2) is 36.0 Å². The molecule has 0 aromatic heterocycles. The Hall–Kier alpha value is -1.84. The SMILES string of the molecule is CCCN(C(=O)c1ccccc1C)C(CC)C(=O)OCC. The molecule has 0 N–H and O–H groups in total. The van der Waals surface area contributed by atoms with Gasteiger partial charge in [-0.3, -0.25) is 4.79 Å². The summed E-state index contributed by atoms with van der Waals surface area (Å²) in [5.41, 5.74) is 1.57. The zero-order valence-electron chi connectivity index (χ0n) is 13.4. The Kier molecular flexibility index (Phi) is 6.92. The number of benzene rings is 1. The number of carbonyl (C=O) groups is 2. The molecule has 0 spiro atoms. The maximum absolute atomic E-state index is 12.8. The Bertz CT molecular complexity index is 485. The van der Waals surface area contributed by atoms with Crippen molar-refractivity contribution < 1.29 is 14.3 Å². The van der Waals surface area contributed by atoms with E-state index in [1.54, 1.807) is 17.9 Å². The fourth-order valence-electron chi connectivity index (χ4n) is 2.36. The average molecular weight is 291 g/mol. The second kappa shape index (κ2) is 8.45. The standard InChI is InChI=1S/C17H25NO3/c1-5-12-18(15(6-2)17(20)21-7-3)16(19)14-11-9-8-10-13(14)4/h8-11,15H,5-7,12H2,1-4H3. The molecule has 0 heterocycles. The van der Waals surface area contributed by atoms with Crippen molar-refractivity contribution in [2.24, 2.45) is 0 Å². The highest BCUT2D eigenvalue weighted by atomic mass is 16.5. The Labute approximate surface area is 127 Å². The normalized spacial score (nSPS) is 11.8. The highest BCUT2D eigenvalue weighted by Gasteiger charge is 2.30. The van der Waals surface area contributed by atoms with E-state index in [2.05, 4.69) is 0 Å². The van der Waals surface area contributed by atoms with Crippen LogP contribution in [0.2, 0.25) is 0 Å². The zero-order chi connectivity index (χ0) is 15.8. The number of aryl methyl sites for hydroxylation is 1. The van der Waals surface area contributed by atoms with Gasteiger partial charge in [0.05, 0.1) is 6.61 Å². The van der Waals surface area contributed by atoms with Crippen molar-refractivity contribution in [1.82, 2.24) is 4.90 Å². The molecular formula is C17H25NO3. The molecule has 116 valence electrons. The van der Waals surface area contributed by atoms with Crippen molar-refractivity contribution >= 4 is 11.9 Å². The summed E-state index contributed by atoms with van der Waals surface area (Å²) in [7, 11) is 0. The van der Waals surface area contributed by atoms with Crippen LogP contribution in [0, 0.1) is 6.92 Å². The van der Waals surface area contributed by atoms with Crippen LogP contribution in [0.5, 0.6) is 0 Å². The first-order chi connectivity index (χ1) is 10.1. The van der Waals surface area contributed by atoms with Gasteiger partial charge in [0.1, 0.15) is 6.04 Å². The molecule has 0 saturated heterocycles. The molecule has 0 aliphatic heterocycles. The minimum atomic E-state index is -0.517. The topological polar surface area (TPSA) is 46.6 Å². The summed E-state index contributed by atoms with van der Waals surface area (Å²) in [6.45, 7) is 8.45. The van der Waals surface area contributed by atoms with Crippen molar-refractivity contribution in [3.05, 3.63) is 35.4 Å². The highest BCUT2D eigenvalue weighted by Crippen LogP contribution is 2.16. The Morgan fingerprint density at radius 1 is 1.19 bits per heavy atom. The lowest BCUT2D eigenvalue weighted by atomic mass is 10.1. The number of hydrogen-bond donors (Lipinski definition) is 0. The Morgan fingerprint density at radius 3 is 2.38 bits per heavy atom. The van der Waals surface area contributed by atoms with Gasteiger partial charge >= 0.3 is 5.97 Å². The van der Waals surface area contributed by atoms with Crippen molar-refractivity contribution in [2.75, 3.05) is 13.2 Å². The van der Waals surface area contributed by atoms with Crippen LogP contribution in [0.25, 0.3) is 0 Å². The smallest absolute Gasteiger partial charge is 0.328 e. The van der Waals surface area contributed by atoms with E-state index in [4.69, 9.17) is 4.74 Å². The van der Waals surface area contributed by atoms with E-state index < -0.39 is 6.04 Å². The Balaban J connectivity index is 3.07. The van der Waals surface area contributed by atoms with Gasteiger partial charge in [0.15, 0.2) is 0 Å². The molecule has 4 heteroatoms. The predicted octanol–water partition coefficient (Wildman–Crippen LogP) is 3.19. The monoisotopic (exact) mass is 291 g/mol. The van der Waals surface area contributed by atoms with Crippen LogP contribution in [-0.2, 0) is 9.53 Å². The summed E-state index contributed by atoms with van der Waals surface area (Å²) in [5, 5.41) is 0. The van der Waals surface area contributed by atoms with E-state index >= 15 is 0 Å². The third-order valence-corrected chi connectivity index (χ3v) is 3.42. The molecule has 0 radical (unpaired) electrons. The molecule has 21 heavy (non-hydrogen) atoms. The van der Waals surface area contributed by atoms with E-state index in [1.807, 2.05) is 39.0 Å². The van der Waals surface area contributed by atoms with E-state index in [0.29, 0.717) is 25.1 Å². The fourth-order valence-corrected chi connectivity index (χ4v) is 2.36. The number of nitrogens with zero attached hydrogens (tertiary/aromatic N) is 1. The molecular weight excluding hydrogens is 266 g/mol. The summed E-state index contributed by atoms with van der Waals surface area (Å²) in [6.07, 6.45) is 1.35. The molecule has 0 fully saturated rings. The predicted molar refractivity (Wildman–Crippen MR) is 83.2 cm³/mol. The molecule has 0 aliphatic carbocycles. The number of ether oxygens (including phenoxy) is 1. The molecule has 1 amide bonds. The van der Waals surface area contributed by atoms with Crippen molar-refractivity contribution in [2.45, 2.75) is 46.6 Å². The van der Waals surface area contributed by atoms with Crippen LogP contribution in [0.1, 0.15) is 49.5 Å². The average Bonchev–Trinajstić information content (AvgIpc) is 2.47. The number of carbonyl (C=O) groups excluding carboxylic acids is 2. The van der Waals surface area contributed by atoms with E-state index in [-0.39, 0.29) is 11.9 Å². The quantitative estimate of drug-likeness (QED) is 0.725. The number of esters is 1. The van der Waals surface area contributed by atoms with Crippen LogP contribution in [0.15, 0.2) is 24.3 Å². The molecule has 1 unspecified atom stereocenters. The van der Waals surface area contributed by atoms with Crippen LogP contribution < -0.4 is 0 Å². The molecule has 1 aromatic carbocycles. The minimum Gasteiger partial charge on any atom is -0.464 e. The highest BCUT2D eigenvalue weighted by molar-refractivity contribution is 5.98. The largest absolute Gasteiger partial charge is 0.464 e. The van der Waals surface area contributed by atoms with Gasteiger partial charge in [0, 0.05) is 12.1 Å². The molecule has 0 aliphatic rings. The van der Waals surface area contributed by atoms with Crippen LogP contribution >= 0.6 is 0 Å². The lowest BCUT2D eigenvalue weighted by Gasteiger charge is -2.29. The minimum absolute atomic E-state index is 0.102. The summed E-state index contributed by atoms with van der Waals surface area (Å²) >= 11 is 0. The van der Waals surface area contributed by atoms with Gasteiger partial charge in [-0.05, 0) is 38.3 Å². The summed E-state index contributed by atoms with van der Waals surface area (Å²) in [6, 6.07) is 6.94. The van der Waals surface area contributed by atoms with Gasteiger partial charge in [0.25, 0.3) is 5.91 Å². The van der Waals surface area contributed by atoms with Crippen molar-refractivity contribution in [3.8, 4) is 0 Å². The van der Waals surface area contributed by atoms with E-state index in [0.717, 1.165) is 12.0 Å². The number of rotatable bonds is 7. The zero-order valence-corrected chi connectivity index (χ0v) is 13.4. The molecule has 4 nitrogen and oxygen atoms in total. The van der Waals surface area contributed by atoms with E-state index in [1.165, 1.54) is 0 Å². The first-order valence-corrected chi connectivity index (χ1v) is 7.59. The number of hydrogen-bond acceptors (Lipinski definition) is 3. The maximum atomic E-state index is 12.8. The molecule has 0 bridgehead atoms. The Morgan fingerprint density at radius 2 is 1.86 bits per heavy atom. The third-order valence-electron chi connectivity index (χ3n) is 3.42. The third kappa shape index (κ3) is 4.31. The molecule has 1 atom stereocenters. The second-order valence-corrected chi connectivity index (χ2v) is 4.99. The van der Waals surface area contributed by atoms with Gasteiger partial charge in [-0.15, -0.1) is 0 Å². The van der Waals surface area contributed by atoms with Gasteiger partial charge in [-0.2, -0.15) is 0 Å². The second-order valence-electron chi connectivity index (χ2n) is 4.99. The summed E-state index contributed by atoms with van der Waals surface area (Å²) in [4.78, 5) is 26.5. The van der Waals surface area contributed by atoms with Crippen molar-refractivity contribution in [1.29, 1.82) is 0 Å². The van der Waals surface area contributed by atoms with Gasteiger partial charge in [0.2, 0.25) is 0 Å². The first kappa shape index (κ1) is 17.2. The first-order valence-electron chi connectivity index (χ1n) is 7.59. The van der Waals surface area contributed by atoms with Gasteiger partial charge < -0.3 is 9.64 Å². The lowest BCUT2D eigenvalue weighted by Crippen LogP contribution is -2.46. The van der Waals surface area contributed by atoms with E-state index in [9.17, 15) is 9.59 Å².